The van der Waals surface area contributed by atoms with Gasteiger partial charge in [-0.1, -0.05) is 12.1 Å². The van der Waals surface area contributed by atoms with E-state index in [1.54, 1.807) is 0 Å². The molecule has 2 N–H and O–H groups in total. The number of rotatable bonds is 5. The molecule has 0 saturated heterocycles. The number of nitriles is 1. The molecule has 0 radical (unpaired) electrons. The van der Waals surface area contributed by atoms with Crippen LogP contribution in [0.25, 0.3) is 11.3 Å². The third kappa shape index (κ3) is 4.22. The van der Waals surface area contributed by atoms with Gasteiger partial charge in [-0.05, 0) is 35.9 Å². The number of nitrogens with zero attached hydrogens (tertiary/aromatic N) is 2. The molecular formula is C20H19ClN4O2. The van der Waals surface area contributed by atoms with Crippen LogP contribution in [-0.2, 0) is 13.1 Å². The van der Waals surface area contributed by atoms with Crippen LogP contribution in [0.2, 0.25) is 0 Å². The summed E-state index contributed by atoms with van der Waals surface area (Å²) in [6, 6.07) is 15.6. The number of nitrogens with one attached hydrogen (secondary N) is 2. The van der Waals surface area contributed by atoms with E-state index >= 15 is 0 Å². The fourth-order valence-electron chi connectivity index (χ4n) is 2.93. The van der Waals surface area contributed by atoms with E-state index in [1.165, 1.54) is 0 Å². The van der Waals surface area contributed by atoms with Crippen LogP contribution in [0.15, 0.2) is 48.7 Å². The first-order valence-electron chi connectivity index (χ1n) is 8.45. The monoisotopic (exact) mass is 382 g/mol. The Bertz CT molecular complexity index is 947. The molecule has 2 aromatic carbocycles. The zero-order valence-corrected chi connectivity index (χ0v) is 15.4. The van der Waals surface area contributed by atoms with Gasteiger partial charge < -0.3 is 14.8 Å². The Balaban J connectivity index is 0.00000210. The van der Waals surface area contributed by atoms with Gasteiger partial charge in [0.15, 0.2) is 11.5 Å². The molecule has 1 aromatic heterocycles. The molecule has 1 aliphatic rings. The summed E-state index contributed by atoms with van der Waals surface area (Å²) < 4.78 is 11.2. The normalized spacial score (nSPS) is 12.1. The molecule has 3 aromatic rings. The molecule has 0 aliphatic carbocycles. The highest BCUT2D eigenvalue weighted by atomic mass is 35.5. The van der Waals surface area contributed by atoms with Crippen molar-refractivity contribution in [2.24, 2.45) is 0 Å². The number of halogens is 1. The summed E-state index contributed by atoms with van der Waals surface area (Å²) in [5, 5.41) is 19.5. The Labute approximate surface area is 163 Å². The zero-order valence-electron chi connectivity index (χ0n) is 14.6. The van der Waals surface area contributed by atoms with E-state index in [9.17, 15) is 0 Å². The molecule has 7 heteroatoms. The van der Waals surface area contributed by atoms with E-state index in [2.05, 4.69) is 21.6 Å². The van der Waals surface area contributed by atoms with Crippen LogP contribution in [0, 0.1) is 11.3 Å². The van der Waals surface area contributed by atoms with Crippen molar-refractivity contribution in [3.05, 3.63) is 65.4 Å². The van der Waals surface area contributed by atoms with Crippen molar-refractivity contribution in [3.8, 4) is 28.8 Å². The molecule has 6 nitrogen and oxygen atoms in total. The van der Waals surface area contributed by atoms with Gasteiger partial charge in [0.25, 0.3) is 0 Å². The van der Waals surface area contributed by atoms with Crippen LogP contribution >= 0.6 is 12.4 Å². The summed E-state index contributed by atoms with van der Waals surface area (Å²) in [5.41, 5.74) is 4.87. The summed E-state index contributed by atoms with van der Waals surface area (Å²) in [7, 11) is 0. The SMILES string of the molecule is Cl.N#Cc1ccc(CNCc2cn[nH]c2-c2ccc3c(c2)OCCO3)cc1. The van der Waals surface area contributed by atoms with Gasteiger partial charge in [-0.2, -0.15) is 10.4 Å². The predicted molar refractivity (Wildman–Crippen MR) is 104 cm³/mol. The molecular weight excluding hydrogens is 364 g/mol. The lowest BCUT2D eigenvalue weighted by atomic mass is 10.1. The molecule has 0 spiro atoms. The van der Waals surface area contributed by atoms with Crippen molar-refractivity contribution < 1.29 is 9.47 Å². The van der Waals surface area contributed by atoms with Crippen molar-refractivity contribution in [3.63, 3.8) is 0 Å². The molecule has 0 saturated carbocycles. The Morgan fingerprint density at radius 1 is 1.04 bits per heavy atom. The third-order valence-corrected chi connectivity index (χ3v) is 4.28. The Kier molecular flexibility index (Phi) is 5.97. The summed E-state index contributed by atoms with van der Waals surface area (Å²) in [6.45, 7) is 2.55. The average molecular weight is 383 g/mol. The summed E-state index contributed by atoms with van der Waals surface area (Å²) >= 11 is 0. The lowest BCUT2D eigenvalue weighted by molar-refractivity contribution is 0.171. The minimum absolute atomic E-state index is 0. The molecule has 138 valence electrons. The molecule has 2 heterocycles. The summed E-state index contributed by atoms with van der Waals surface area (Å²) in [4.78, 5) is 0. The largest absolute Gasteiger partial charge is 0.486 e. The second-order valence-electron chi connectivity index (χ2n) is 6.04. The number of hydrogen-bond acceptors (Lipinski definition) is 5. The first-order chi connectivity index (χ1) is 12.8. The number of ether oxygens (including phenoxy) is 2. The number of aromatic nitrogens is 2. The van der Waals surface area contributed by atoms with E-state index in [0.717, 1.165) is 40.4 Å². The zero-order chi connectivity index (χ0) is 17.8. The molecule has 4 rings (SSSR count). The van der Waals surface area contributed by atoms with Crippen LogP contribution in [0.3, 0.4) is 0 Å². The minimum atomic E-state index is 0. The minimum Gasteiger partial charge on any atom is -0.486 e. The quantitative estimate of drug-likeness (QED) is 0.706. The van der Waals surface area contributed by atoms with Crippen LogP contribution in [0.1, 0.15) is 16.7 Å². The van der Waals surface area contributed by atoms with Gasteiger partial charge >= 0.3 is 0 Å². The van der Waals surface area contributed by atoms with Crippen molar-refractivity contribution in [1.29, 1.82) is 5.26 Å². The third-order valence-electron chi connectivity index (χ3n) is 4.28. The maximum atomic E-state index is 8.85. The lowest BCUT2D eigenvalue weighted by Crippen LogP contribution is -2.15. The molecule has 0 amide bonds. The van der Waals surface area contributed by atoms with E-state index in [0.29, 0.717) is 25.3 Å². The topological polar surface area (TPSA) is 83.0 Å². The fraction of sp³-hybridized carbons (Fsp3) is 0.200. The van der Waals surface area contributed by atoms with Gasteiger partial charge in [0.1, 0.15) is 13.2 Å². The van der Waals surface area contributed by atoms with Gasteiger partial charge in [-0.3, -0.25) is 5.10 Å². The van der Waals surface area contributed by atoms with E-state index in [4.69, 9.17) is 14.7 Å². The lowest BCUT2D eigenvalue weighted by Gasteiger charge is -2.18. The predicted octanol–water partition coefficient (Wildman–Crippen LogP) is 3.43. The fourth-order valence-corrected chi connectivity index (χ4v) is 2.93. The number of aromatic amines is 1. The van der Waals surface area contributed by atoms with Crippen LogP contribution in [0.4, 0.5) is 0 Å². The van der Waals surface area contributed by atoms with Gasteiger partial charge in [-0.25, -0.2) is 0 Å². The van der Waals surface area contributed by atoms with Gasteiger partial charge in [0.05, 0.1) is 23.5 Å². The van der Waals surface area contributed by atoms with Crippen LogP contribution in [0.5, 0.6) is 11.5 Å². The van der Waals surface area contributed by atoms with Crippen molar-refractivity contribution >= 4 is 12.4 Å². The highest BCUT2D eigenvalue weighted by Crippen LogP contribution is 2.34. The Morgan fingerprint density at radius 2 is 1.81 bits per heavy atom. The van der Waals surface area contributed by atoms with Gasteiger partial charge in [-0.15, -0.1) is 12.4 Å². The first-order valence-corrected chi connectivity index (χ1v) is 8.45. The summed E-state index contributed by atoms with van der Waals surface area (Å²) in [6.07, 6.45) is 1.83. The standard InChI is InChI=1S/C20H18N4O2.ClH/c21-10-14-1-3-15(4-2-14)11-22-12-17-13-23-24-20(17)16-5-6-18-19(9-16)26-8-7-25-18;/h1-6,9,13,22H,7-8,11-12H2,(H,23,24);1H. The highest BCUT2D eigenvalue weighted by molar-refractivity contribution is 5.85. The van der Waals surface area contributed by atoms with E-state index in [-0.39, 0.29) is 12.4 Å². The molecule has 0 atom stereocenters. The number of fused-ring (bicyclic) bond motifs is 1. The number of H-pyrrole nitrogens is 1. The molecule has 27 heavy (non-hydrogen) atoms. The van der Waals surface area contributed by atoms with Crippen molar-refractivity contribution in [2.45, 2.75) is 13.1 Å². The van der Waals surface area contributed by atoms with Gasteiger partial charge in [0, 0.05) is 24.2 Å². The number of hydrogen-bond donors (Lipinski definition) is 2. The first kappa shape index (κ1) is 18.8. The highest BCUT2D eigenvalue weighted by Gasteiger charge is 2.15. The van der Waals surface area contributed by atoms with E-state index < -0.39 is 0 Å². The van der Waals surface area contributed by atoms with Crippen molar-refractivity contribution in [2.75, 3.05) is 13.2 Å². The van der Waals surface area contributed by atoms with E-state index in [1.807, 2.05) is 48.7 Å². The maximum Gasteiger partial charge on any atom is 0.162 e. The average Bonchev–Trinajstić information content (AvgIpc) is 3.17. The smallest absolute Gasteiger partial charge is 0.162 e. The summed E-state index contributed by atoms with van der Waals surface area (Å²) in [5.74, 6) is 1.54. The second kappa shape index (κ2) is 8.58. The molecule has 0 bridgehead atoms. The van der Waals surface area contributed by atoms with Crippen LogP contribution in [-0.4, -0.2) is 23.4 Å². The Hall–Kier alpha value is -3.01. The van der Waals surface area contributed by atoms with Crippen molar-refractivity contribution in [1.82, 2.24) is 15.5 Å². The van der Waals surface area contributed by atoms with Gasteiger partial charge in [0.2, 0.25) is 0 Å². The molecule has 0 fully saturated rings. The maximum absolute atomic E-state index is 8.85. The van der Waals surface area contributed by atoms with Crippen LogP contribution < -0.4 is 14.8 Å². The molecule has 0 unspecified atom stereocenters. The second-order valence-corrected chi connectivity index (χ2v) is 6.04. The molecule has 1 aliphatic heterocycles. The number of benzene rings is 2. The Morgan fingerprint density at radius 3 is 2.59 bits per heavy atom.